The van der Waals surface area contributed by atoms with Gasteiger partial charge in [0.25, 0.3) is 0 Å². The number of thiol groups is 1. The lowest BCUT2D eigenvalue weighted by Gasteiger charge is -1.94. The third kappa shape index (κ3) is 7.46. The average molecular weight is 174 g/mol. The van der Waals surface area contributed by atoms with E-state index in [1.807, 2.05) is 6.08 Å². The van der Waals surface area contributed by atoms with Gasteiger partial charge in [-0.15, -0.1) is 12.6 Å². The lowest BCUT2D eigenvalue weighted by Crippen LogP contribution is -1.93. The molecule has 0 rings (SSSR count). The highest BCUT2D eigenvalue weighted by atomic mass is 32.1. The number of carbonyl (C=O) groups is 1. The van der Waals surface area contributed by atoms with Gasteiger partial charge in [0.05, 0.1) is 6.42 Å². The van der Waals surface area contributed by atoms with E-state index in [-0.39, 0.29) is 6.42 Å². The Kier molecular flexibility index (Phi) is 6.03. The van der Waals surface area contributed by atoms with Gasteiger partial charge >= 0.3 is 5.97 Å². The van der Waals surface area contributed by atoms with Gasteiger partial charge in [-0.3, -0.25) is 4.79 Å². The van der Waals surface area contributed by atoms with Crippen LogP contribution in [0.25, 0.3) is 0 Å². The zero-order valence-electron chi connectivity index (χ0n) is 6.71. The summed E-state index contributed by atoms with van der Waals surface area (Å²) in [6.07, 6.45) is 5.09. The van der Waals surface area contributed by atoms with Crippen molar-refractivity contribution in [1.82, 2.24) is 0 Å². The number of aliphatic carboxylic acids is 1. The van der Waals surface area contributed by atoms with E-state index in [1.165, 1.54) is 0 Å². The number of rotatable bonds is 5. The predicted molar refractivity (Wildman–Crippen MR) is 48.8 cm³/mol. The molecular weight excluding hydrogens is 160 g/mol. The molecule has 0 aromatic rings. The number of carboxylic acid groups (broad SMARTS) is 1. The van der Waals surface area contributed by atoms with Crippen LogP contribution in [0.1, 0.15) is 32.6 Å². The van der Waals surface area contributed by atoms with Crippen LogP contribution in [0.2, 0.25) is 0 Å². The highest BCUT2D eigenvalue weighted by Gasteiger charge is 1.97. The van der Waals surface area contributed by atoms with E-state index in [4.69, 9.17) is 5.11 Å². The molecule has 0 saturated carbocycles. The van der Waals surface area contributed by atoms with Crippen molar-refractivity contribution in [2.24, 2.45) is 0 Å². The summed E-state index contributed by atoms with van der Waals surface area (Å²) in [6.45, 7) is 2.10. The molecule has 0 fully saturated rings. The Balaban J connectivity index is 3.54. The van der Waals surface area contributed by atoms with E-state index in [0.717, 1.165) is 19.3 Å². The molecular formula is C8H14O2S. The summed E-state index contributed by atoms with van der Waals surface area (Å²) >= 11 is 4.02. The number of hydrogen-bond donors (Lipinski definition) is 2. The summed E-state index contributed by atoms with van der Waals surface area (Å²) in [5, 5.41) is 8.35. The van der Waals surface area contributed by atoms with Gasteiger partial charge in [-0.2, -0.15) is 0 Å². The lowest BCUT2D eigenvalue weighted by molar-refractivity contribution is -0.136. The molecule has 0 unspecified atom stereocenters. The van der Waals surface area contributed by atoms with Gasteiger partial charge in [-0.1, -0.05) is 25.8 Å². The zero-order valence-corrected chi connectivity index (χ0v) is 7.60. The van der Waals surface area contributed by atoms with Gasteiger partial charge in [0, 0.05) is 0 Å². The fraction of sp³-hybridized carbons (Fsp3) is 0.625. The van der Waals surface area contributed by atoms with Crippen LogP contribution >= 0.6 is 12.6 Å². The van der Waals surface area contributed by atoms with Gasteiger partial charge in [-0.05, 0) is 11.3 Å². The molecule has 0 aromatic carbocycles. The van der Waals surface area contributed by atoms with Gasteiger partial charge in [0.15, 0.2) is 0 Å². The van der Waals surface area contributed by atoms with Crippen molar-refractivity contribution >= 4 is 18.6 Å². The molecule has 0 heterocycles. The Morgan fingerprint density at radius 2 is 2.27 bits per heavy atom. The molecule has 0 aromatic heterocycles. The van der Waals surface area contributed by atoms with Crippen molar-refractivity contribution in [2.75, 3.05) is 0 Å². The maximum absolute atomic E-state index is 10.2. The number of carboxylic acids is 1. The molecule has 0 atom stereocenters. The first-order valence-corrected chi connectivity index (χ1v) is 4.21. The molecule has 1 N–H and O–H groups in total. The molecule has 0 aliphatic carbocycles. The Morgan fingerprint density at radius 3 is 2.73 bits per heavy atom. The molecule has 0 aliphatic heterocycles. The summed E-state index contributed by atoms with van der Waals surface area (Å²) < 4.78 is 0. The van der Waals surface area contributed by atoms with Crippen molar-refractivity contribution < 1.29 is 9.90 Å². The second-order valence-corrected chi connectivity index (χ2v) is 2.98. The summed E-state index contributed by atoms with van der Waals surface area (Å²) in [7, 11) is 0. The quantitative estimate of drug-likeness (QED) is 0.496. The van der Waals surface area contributed by atoms with Crippen molar-refractivity contribution in [3.63, 3.8) is 0 Å². The topological polar surface area (TPSA) is 37.3 Å². The molecule has 0 aliphatic rings. The maximum Gasteiger partial charge on any atom is 0.308 e. The molecule has 0 radical (unpaired) electrons. The average Bonchev–Trinajstić information content (AvgIpc) is 1.86. The first-order valence-electron chi connectivity index (χ1n) is 3.76. The van der Waals surface area contributed by atoms with Crippen LogP contribution in [0.4, 0.5) is 0 Å². The van der Waals surface area contributed by atoms with E-state index < -0.39 is 5.97 Å². The largest absolute Gasteiger partial charge is 0.481 e. The Morgan fingerprint density at radius 1 is 1.64 bits per heavy atom. The van der Waals surface area contributed by atoms with Crippen LogP contribution in [0.3, 0.4) is 0 Å². The first kappa shape index (κ1) is 10.6. The predicted octanol–water partition coefficient (Wildman–Crippen LogP) is 2.46. The Bertz CT molecular complexity index is 152. The fourth-order valence-electron chi connectivity index (χ4n) is 0.700. The van der Waals surface area contributed by atoms with Crippen molar-refractivity contribution in [3.05, 3.63) is 11.0 Å². The van der Waals surface area contributed by atoms with E-state index in [9.17, 15) is 4.79 Å². The summed E-state index contributed by atoms with van der Waals surface area (Å²) in [6, 6.07) is 0. The van der Waals surface area contributed by atoms with Crippen molar-refractivity contribution in [2.45, 2.75) is 32.6 Å². The smallest absolute Gasteiger partial charge is 0.308 e. The minimum Gasteiger partial charge on any atom is -0.481 e. The monoisotopic (exact) mass is 174 g/mol. The van der Waals surface area contributed by atoms with E-state index in [1.54, 1.807) is 0 Å². The number of hydrogen-bond acceptors (Lipinski definition) is 2. The second-order valence-electron chi connectivity index (χ2n) is 2.41. The van der Waals surface area contributed by atoms with Gasteiger partial charge in [0.1, 0.15) is 0 Å². The highest BCUT2D eigenvalue weighted by Crippen LogP contribution is 2.08. The van der Waals surface area contributed by atoms with Crippen LogP contribution in [-0.2, 0) is 4.79 Å². The SMILES string of the molecule is CCCCC=C(S)CC(=O)O. The maximum atomic E-state index is 10.2. The first-order chi connectivity index (χ1) is 5.16. The zero-order chi connectivity index (χ0) is 8.69. The van der Waals surface area contributed by atoms with Crippen molar-refractivity contribution in [1.29, 1.82) is 0 Å². The summed E-state index contributed by atoms with van der Waals surface area (Å²) in [5.74, 6) is -0.817. The summed E-state index contributed by atoms with van der Waals surface area (Å²) in [5.41, 5.74) is 0. The van der Waals surface area contributed by atoms with E-state index in [0.29, 0.717) is 4.91 Å². The molecule has 3 heteroatoms. The Labute approximate surface area is 72.7 Å². The normalized spacial score (nSPS) is 11.6. The van der Waals surface area contributed by atoms with Crippen LogP contribution in [0, 0.1) is 0 Å². The van der Waals surface area contributed by atoms with Crippen molar-refractivity contribution in [3.8, 4) is 0 Å². The fourth-order valence-corrected chi connectivity index (χ4v) is 0.964. The van der Waals surface area contributed by atoms with E-state index in [2.05, 4.69) is 19.6 Å². The third-order valence-electron chi connectivity index (χ3n) is 1.27. The minimum atomic E-state index is -0.817. The van der Waals surface area contributed by atoms with Gasteiger partial charge in [-0.25, -0.2) is 0 Å². The lowest BCUT2D eigenvalue weighted by atomic mass is 10.2. The van der Waals surface area contributed by atoms with Gasteiger partial charge < -0.3 is 5.11 Å². The molecule has 0 bridgehead atoms. The summed E-state index contributed by atoms with van der Waals surface area (Å²) in [4.78, 5) is 10.8. The van der Waals surface area contributed by atoms with Crippen LogP contribution in [0.5, 0.6) is 0 Å². The van der Waals surface area contributed by atoms with Crippen LogP contribution < -0.4 is 0 Å². The Hall–Kier alpha value is -0.440. The molecule has 2 nitrogen and oxygen atoms in total. The van der Waals surface area contributed by atoms with E-state index >= 15 is 0 Å². The van der Waals surface area contributed by atoms with Crippen LogP contribution in [0.15, 0.2) is 11.0 Å². The molecule has 11 heavy (non-hydrogen) atoms. The second kappa shape index (κ2) is 6.28. The molecule has 64 valence electrons. The standard InChI is InChI=1S/C8H14O2S/c1-2-3-4-5-7(11)6-8(9)10/h5,11H,2-4,6H2,1H3,(H,9,10). The minimum absolute atomic E-state index is 0.0484. The van der Waals surface area contributed by atoms with Gasteiger partial charge in [0.2, 0.25) is 0 Å². The number of allylic oxidation sites excluding steroid dienone is 1. The molecule has 0 amide bonds. The molecule has 0 spiro atoms. The third-order valence-corrected chi connectivity index (χ3v) is 1.61. The number of unbranched alkanes of at least 4 members (excludes halogenated alkanes) is 2. The van der Waals surface area contributed by atoms with Crippen LogP contribution in [-0.4, -0.2) is 11.1 Å². The highest BCUT2D eigenvalue weighted by molar-refractivity contribution is 7.84. The molecule has 0 saturated heterocycles.